The van der Waals surface area contributed by atoms with Gasteiger partial charge >= 0.3 is 0 Å². The van der Waals surface area contributed by atoms with Crippen LogP contribution in [0.3, 0.4) is 0 Å². The molecular formula is C24H20N2O5S. The zero-order valence-corrected chi connectivity index (χ0v) is 18.5. The molecule has 0 unspecified atom stereocenters. The van der Waals surface area contributed by atoms with Gasteiger partial charge in [-0.2, -0.15) is 0 Å². The topological polar surface area (TPSA) is 90.7 Å². The van der Waals surface area contributed by atoms with Crippen molar-refractivity contribution in [2.24, 2.45) is 0 Å². The Morgan fingerprint density at radius 3 is 2.47 bits per heavy atom. The van der Waals surface area contributed by atoms with Crippen LogP contribution in [0.5, 0.6) is 11.5 Å². The summed E-state index contributed by atoms with van der Waals surface area (Å²) in [4.78, 5) is 28.6. The number of rotatable bonds is 7. The molecule has 0 bridgehead atoms. The highest BCUT2D eigenvalue weighted by atomic mass is 32.1. The Bertz CT molecular complexity index is 1270. The average molecular weight is 449 g/mol. The average Bonchev–Trinajstić information content (AvgIpc) is 3.49. The van der Waals surface area contributed by atoms with Gasteiger partial charge in [-0.3, -0.25) is 14.9 Å². The number of anilines is 1. The van der Waals surface area contributed by atoms with Crippen molar-refractivity contribution < 1.29 is 23.5 Å². The first-order valence-electron chi connectivity index (χ1n) is 9.69. The van der Waals surface area contributed by atoms with Crippen molar-refractivity contribution in [2.45, 2.75) is 6.92 Å². The van der Waals surface area contributed by atoms with Crippen molar-refractivity contribution in [3.8, 4) is 34.1 Å². The van der Waals surface area contributed by atoms with Crippen LogP contribution < -0.4 is 14.8 Å². The molecule has 0 fully saturated rings. The van der Waals surface area contributed by atoms with Crippen LogP contribution in [0.15, 0.2) is 64.4 Å². The minimum Gasteiger partial charge on any atom is -0.497 e. The Kier molecular flexibility index (Phi) is 6.04. The highest BCUT2D eigenvalue weighted by Crippen LogP contribution is 2.35. The Morgan fingerprint density at radius 2 is 1.78 bits per heavy atom. The summed E-state index contributed by atoms with van der Waals surface area (Å²) in [5, 5.41) is 5.02. The van der Waals surface area contributed by atoms with Crippen molar-refractivity contribution in [3.63, 3.8) is 0 Å². The van der Waals surface area contributed by atoms with E-state index in [4.69, 9.17) is 13.9 Å². The summed E-state index contributed by atoms with van der Waals surface area (Å²) >= 11 is 1.29. The molecule has 8 heteroatoms. The third-order valence-corrected chi connectivity index (χ3v) is 5.57. The van der Waals surface area contributed by atoms with Gasteiger partial charge < -0.3 is 13.9 Å². The van der Waals surface area contributed by atoms with E-state index in [0.717, 1.165) is 11.1 Å². The van der Waals surface area contributed by atoms with E-state index in [-0.39, 0.29) is 11.5 Å². The minimum absolute atomic E-state index is 0.00885. The van der Waals surface area contributed by atoms with Gasteiger partial charge in [0.1, 0.15) is 17.3 Å². The first kappa shape index (κ1) is 21.3. The smallest absolute Gasteiger partial charge is 0.293 e. The van der Waals surface area contributed by atoms with E-state index in [2.05, 4.69) is 10.3 Å². The van der Waals surface area contributed by atoms with Crippen LogP contribution in [0.25, 0.3) is 22.6 Å². The lowest BCUT2D eigenvalue weighted by molar-refractivity contribution is 0.0994. The Morgan fingerprint density at radius 1 is 1.00 bits per heavy atom. The Hall–Kier alpha value is -3.91. The first-order chi connectivity index (χ1) is 15.5. The van der Waals surface area contributed by atoms with Crippen molar-refractivity contribution in [1.29, 1.82) is 0 Å². The summed E-state index contributed by atoms with van der Waals surface area (Å²) in [7, 11) is 3.18. The number of ketones is 1. The molecule has 0 saturated heterocycles. The number of nitrogens with zero attached hydrogens (tertiary/aromatic N) is 1. The largest absolute Gasteiger partial charge is 0.497 e. The van der Waals surface area contributed by atoms with E-state index in [1.54, 1.807) is 62.8 Å². The number of aromatic nitrogens is 1. The number of hydrogen-bond donors (Lipinski definition) is 1. The molecule has 4 rings (SSSR count). The molecule has 1 amide bonds. The summed E-state index contributed by atoms with van der Waals surface area (Å²) in [5.41, 5.74) is 2.81. The number of benzene rings is 2. The number of furan rings is 1. The number of amides is 1. The number of thiazole rings is 1. The molecule has 2 heterocycles. The van der Waals surface area contributed by atoms with E-state index in [1.807, 2.05) is 11.4 Å². The highest BCUT2D eigenvalue weighted by Gasteiger charge is 2.16. The van der Waals surface area contributed by atoms with Crippen LogP contribution in [-0.2, 0) is 0 Å². The molecule has 0 saturated carbocycles. The second kappa shape index (κ2) is 9.07. The lowest BCUT2D eigenvalue weighted by Crippen LogP contribution is -2.10. The third kappa shape index (κ3) is 4.40. The molecule has 0 spiro atoms. The molecule has 2 aromatic carbocycles. The maximum absolute atomic E-state index is 12.6. The van der Waals surface area contributed by atoms with E-state index in [1.165, 1.54) is 18.3 Å². The molecule has 0 aliphatic carbocycles. The van der Waals surface area contributed by atoms with Gasteiger partial charge in [-0.15, -0.1) is 11.3 Å². The first-order valence-corrected chi connectivity index (χ1v) is 10.6. The fraction of sp³-hybridized carbons (Fsp3) is 0.125. The van der Waals surface area contributed by atoms with E-state index < -0.39 is 5.91 Å². The van der Waals surface area contributed by atoms with Crippen LogP contribution in [0.2, 0.25) is 0 Å². The molecule has 0 aliphatic heterocycles. The van der Waals surface area contributed by atoms with E-state index in [9.17, 15) is 9.59 Å². The predicted octanol–water partition coefficient (Wildman–Crippen LogP) is 5.54. The van der Waals surface area contributed by atoms with Gasteiger partial charge in [0, 0.05) is 22.1 Å². The van der Waals surface area contributed by atoms with Crippen molar-refractivity contribution in [3.05, 3.63) is 71.3 Å². The van der Waals surface area contributed by atoms with Gasteiger partial charge in [0.05, 0.1) is 19.9 Å². The maximum atomic E-state index is 12.6. The third-order valence-electron chi connectivity index (χ3n) is 4.81. The summed E-state index contributed by atoms with van der Waals surface area (Å²) in [6, 6.07) is 15.8. The van der Waals surface area contributed by atoms with Crippen molar-refractivity contribution in [2.75, 3.05) is 19.5 Å². The number of hydrogen-bond acceptors (Lipinski definition) is 7. The molecule has 1 N–H and O–H groups in total. The Balaban J connectivity index is 1.50. The van der Waals surface area contributed by atoms with Crippen LogP contribution in [0.1, 0.15) is 27.8 Å². The van der Waals surface area contributed by atoms with Crippen LogP contribution >= 0.6 is 11.3 Å². The summed E-state index contributed by atoms with van der Waals surface area (Å²) in [6.45, 7) is 1.51. The zero-order chi connectivity index (χ0) is 22.7. The molecule has 4 aromatic rings. The van der Waals surface area contributed by atoms with Gasteiger partial charge in [0.25, 0.3) is 5.91 Å². The predicted molar refractivity (Wildman–Crippen MR) is 123 cm³/mol. The van der Waals surface area contributed by atoms with Crippen molar-refractivity contribution in [1.82, 2.24) is 4.98 Å². The van der Waals surface area contributed by atoms with E-state index in [0.29, 0.717) is 33.6 Å². The second-order valence-corrected chi connectivity index (χ2v) is 7.71. The number of Topliss-reactive ketones (excluding diaryl/α,β-unsaturated/α-hetero) is 1. The van der Waals surface area contributed by atoms with Gasteiger partial charge in [-0.05, 0) is 37.3 Å². The highest BCUT2D eigenvalue weighted by molar-refractivity contribution is 7.14. The van der Waals surface area contributed by atoms with Gasteiger partial charge in [0.15, 0.2) is 16.7 Å². The molecule has 7 nitrogen and oxygen atoms in total. The van der Waals surface area contributed by atoms with Gasteiger partial charge in [0.2, 0.25) is 0 Å². The summed E-state index contributed by atoms with van der Waals surface area (Å²) in [5.74, 6) is 1.61. The molecule has 0 aliphatic rings. The maximum Gasteiger partial charge on any atom is 0.293 e. The minimum atomic E-state index is -0.407. The van der Waals surface area contributed by atoms with Crippen LogP contribution in [0, 0.1) is 0 Å². The summed E-state index contributed by atoms with van der Waals surface area (Å²) < 4.78 is 16.4. The Labute approximate surface area is 188 Å². The number of methoxy groups -OCH3 is 2. The number of nitrogens with one attached hydrogen (secondary N) is 1. The van der Waals surface area contributed by atoms with Crippen molar-refractivity contribution >= 4 is 28.2 Å². The normalized spacial score (nSPS) is 10.6. The molecule has 0 radical (unpaired) electrons. The lowest BCUT2D eigenvalue weighted by Gasteiger charge is -2.08. The lowest BCUT2D eigenvalue weighted by atomic mass is 10.1. The standard InChI is InChI=1S/C24H20N2O5S/c1-14(27)15-4-6-16(7-5-15)20-10-11-22(31-20)23(28)26-24-25-19(13-32-24)18-12-17(29-2)8-9-21(18)30-3/h4-13H,1-3H3,(H,25,26,28). The number of ether oxygens (including phenoxy) is 2. The molecule has 0 atom stereocenters. The SMILES string of the molecule is COc1ccc(OC)c(-c2csc(NC(=O)c3ccc(-c4ccc(C(C)=O)cc4)o3)n2)c1. The molecule has 32 heavy (non-hydrogen) atoms. The fourth-order valence-corrected chi connectivity index (χ4v) is 3.82. The number of carbonyl (C=O) groups is 2. The van der Waals surface area contributed by atoms with E-state index >= 15 is 0 Å². The monoisotopic (exact) mass is 448 g/mol. The quantitative estimate of drug-likeness (QED) is 0.373. The second-order valence-electron chi connectivity index (χ2n) is 6.86. The molecule has 162 valence electrons. The fourth-order valence-electron chi connectivity index (χ4n) is 3.11. The molecular weight excluding hydrogens is 428 g/mol. The molecule has 2 aromatic heterocycles. The van der Waals surface area contributed by atoms with Crippen LogP contribution in [-0.4, -0.2) is 30.9 Å². The van der Waals surface area contributed by atoms with Gasteiger partial charge in [-0.25, -0.2) is 4.98 Å². The zero-order valence-electron chi connectivity index (χ0n) is 17.7. The number of carbonyl (C=O) groups excluding carboxylic acids is 2. The van der Waals surface area contributed by atoms with Gasteiger partial charge in [-0.1, -0.05) is 24.3 Å². The summed E-state index contributed by atoms with van der Waals surface area (Å²) in [6.07, 6.45) is 0. The van der Waals surface area contributed by atoms with Crippen LogP contribution in [0.4, 0.5) is 5.13 Å².